The van der Waals surface area contributed by atoms with Gasteiger partial charge < -0.3 is 11.5 Å². The third kappa shape index (κ3) is 3.84. The first-order valence-corrected chi connectivity index (χ1v) is 2.62. The van der Waals surface area contributed by atoms with Gasteiger partial charge in [0.15, 0.2) is 0 Å². The molecule has 0 amide bonds. The van der Waals surface area contributed by atoms with Crippen molar-refractivity contribution < 1.29 is 0 Å². The zero-order valence-corrected chi connectivity index (χ0v) is 5.58. The van der Waals surface area contributed by atoms with Crippen molar-refractivity contribution in [3.05, 3.63) is 22.5 Å². The van der Waals surface area contributed by atoms with E-state index in [1.165, 1.54) is 12.3 Å². The van der Waals surface area contributed by atoms with E-state index in [1.54, 1.807) is 0 Å². The van der Waals surface area contributed by atoms with E-state index >= 15 is 0 Å². The molecule has 0 heterocycles. The van der Waals surface area contributed by atoms with Crippen LogP contribution >= 0.6 is 23.2 Å². The van der Waals surface area contributed by atoms with Crippen molar-refractivity contribution in [1.82, 2.24) is 0 Å². The molecular formula is C4H6Cl2N2. The van der Waals surface area contributed by atoms with Crippen LogP contribution in [-0.2, 0) is 0 Å². The number of rotatable bonds is 1. The Morgan fingerprint density at radius 2 is 1.88 bits per heavy atom. The van der Waals surface area contributed by atoms with Gasteiger partial charge in [0, 0.05) is 6.20 Å². The molecule has 0 spiro atoms. The van der Waals surface area contributed by atoms with Crippen LogP contribution in [0.4, 0.5) is 0 Å². The standard InChI is InChI=1S/C4H6Cl2N2/c5-3(2-7)1-4(6)8/h1-2H,7-8H2/b3-2+,4-1-. The Balaban J connectivity index is 3.89. The van der Waals surface area contributed by atoms with Gasteiger partial charge in [-0.1, -0.05) is 23.2 Å². The Hall–Kier alpha value is -0.340. The summed E-state index contributed by atoms with van der Waals surface area (Å²) in [7, 11) is 0. The Morgan fingerprint density at radius 3 is 2.00 bits per heavy atom. The highest BCUT2D eigenvalue weighted by Gasteiger charge is 1.82. The molecule has 2 nitrogen and oxygen atoms in total. The van der Waals surface area contributed by atoms with Gasteiger partial charge in [0.25, 0.3) is 0 Å². The van der Waals surface area contributed by atoms with Crippen LogP contribution in [0.25, 0.3) is 0 Å². The molecule has 8 heavy (non-hydrogen) atoms. The van der Waals surface area contributed by atoms with Crippen LogP contribution < -0.4 is 11.5 Å². The third-order valence-electron chi connectivity index (χ3n) is 0.435. The lowest BCUT2D eigenvalue weighted by Crippen LogP contribution is -1.87. The lowest BCUT2D eigenvalue weighted by Gasteiger charge is -1.84. The van der Waals surface area contributed by atoms with E-state index in [-0.39, 0.29) is 5.16 Å². The fraction of sp³-hybridized carbons (Fsp3) is 0. The minimum atomic E-state index is 0.122. The molecule has 0 radical (unpaired) electrons. The molecule has 0 aromatic carbocycles. The fourth-order valence-electron chi connectivity index (χ4n) is 0.180. The molecule has 0 aliphatic rings. The van der Waals surface area contributed by atoms with E-state index in [9.17, 15) is 0 Å². The van der Waals surface area contributed by atoms with Crippen LogP contribution in [0.15, 0.2) is 22.5 Å². The number of hydrogen-bond donors (Lipinski definition) is 2. The summed E-state index contributed by atoms with van der Waals surface area (Å²) in [5.41, 5.74) is 9.98. The summed E-state index contributed by atoms with van der Waals surface area (Å²) in [4.78, 5) is 0. The average molecular weight is 153 g/mol. The molecule has 0 bridgehead atoms. The summed E-state index contributed by atoms with van der Waals surface area (Å²) in [6.07, 6.45) is 2.56. The van der Waals surface area contributed by atoms with E-state index in [1.807, 2.05) is 0 Å². The molecule has 0 fully saturated rings. The van der Waals surface area contributed by atoms with Gasteiger partial charge in [-0.25, -0.2) is 0 Å². The third-order valence-corrected chi connectivity index (χ3v) is 0.779. The van der Waals surface area contributed by atoms with E-state index in [0.717, 1.165) is 0 Å². The SMILES string of the molecule is N/C=C(Cl)\C=C(/N)Cl. The van der Waals surface area contributed by atoms with Gasteiger partial charge in [0.05, 0.1) is 5.03 Å². The van der Waals surface area contributed by atoms with Crippen molar-refractivity contribution >= 4 is 23.2 Å². The van der Waals surface area contributed by atoms with Gasteiger partial charge in [0.2, 0.25) is 0 Å². The maximum Gasteiger partial charge on any atom is 0.101 e. The maximum absolute atomic E-state index is 5.36. The van der Waals surface area contributed by atoms with Crippen LogP contribution in [0.1, 0.15) is 0 Å². The van der Waals surface area contributed by atoms with E-state index in [0.29, 0.717) is 5.03 Å². The topological polar surface area (TPSA) is 52.0 Å². The second-order valence-corrected chi connectivity index (χ2v) is 1.95. The Kier molecular flexibility index (Phi) is 3.48. The van der Waals surface area contributed by atoms with Crippen molar-refractivity contribution in [2.75, 3.05) is 0 Å². The number of hydrogen-bond acceptors (Lipinski definition) is 2. The van der Waals surface area contributed by atoms with Crippen LogP contribution in [0, 0.1) is 0 Å². The fourth-order valence-corrected chi connectivity index (χ4v) is 0.471. The van der Waals surface area contributed by atoms with Crippen LogP contribution in [0.3, 0.4) is 0 Å². The molecule has 0 aromatic heterocycles. The number of nitrogens with two attached hydrogens (primary N) is 2. The molecule has 0 unspecified atom stereocenters. The first-order valence-electron chi connectivity index (χ1n) is 1.87. The van der Waals surface area contributed by atoms with Crippen LogP contribution in [0.5, 0.6) is 0 Å². The second kappa shape index (κ2) is 3.64. The summed E-state index contributed by atoms with van der Waals surface area (Å²) in [6, 6.07) is 0. The van der Waals surface area contributed by atoms with E-state index in [4.69, 9.17) is 34.7 Å². The van der Waals surface area contributed by atoms with Crippen molar-refractivity contribution in [3.8, 4) is 0 Å². The molecule has 4 N–H and O–H groups in total. The van der Waals surface area contributed by atoms with Crippen LogP contribution in [-0.4, -0.2) is 0 Å². The minimum Gasteiger partial charge on any atom is -0.403 e. The predicted molar refractivity (Wildman–Crippen MR) is 36.2 cm³/mol. The quantitative estimate of drug-likeness (QED) is 0.437. The van der Waals surface area contributed by atoms with Crippen molar-refractivity contribution in [2.24, 2.45) is 11.5 Å². The molecule has 0 rings (SSSR count). The van der Waals surface area contributed by atoms with E-state index < -0.39 is 0 Å². The summed E-state index contributed by atoms with van der Waals surface area (Å²) in [5, 5.41) is 0.453. The van der Waals surface area contributed by atoms with E-state index in [2.05, 4.69) is 0 Å². The highest BCUT2D eigenvalue weighted by Crippen LogP contribution is 2.03. The first-order chi connectivity index (χ1) is 3.66. The Bertz CT molecular complexity index is 124. The summed E-state index contributed by atoms with van der Waals surface area (Å²) in [6.45, 7) is 0. The van der Waals surface area contributed by atoms with Gasteiger partial charge in [0.1, 0.15) is 5.16 Å². The number of halogens is 2. The summed E-state index contributed by atoms with van der Waals surface area (Å²) < 4.78 is 0. The molecule has 4 heteroatoms. The first kappa shape index (κ1) is 7.66. The highest BCUT2D eigenvalue weighted by molar-refractivity contribution is 6.34. The average Bonchev–Trinajstić information content (AvgIpc) is 1.65. The monoisotopic (exact) mass is 152 g/mol. The molecule has 0 aliphatic carbocycles. The maximum atomic E-state index is 5.36. The predicted octanol–water partition coefficient (Wildman–Crippen LogP) is 1.06. The Labute approximate surface area is 57.7 Å². The zero-order chi connectivity index (χ0) is 6.57. The normalized spacial score (nSPS) is 14.2. The van der Waals surface area contributed by atoms with Crippen LogP contribution in [0.2, 0.25) is 0 Å². The highest BCUT2D eigenvalue weighted by atomic mass is 35.5. The van der Waals surface area contributed by atoms with Gasteiger partial charge in [-0.05, 0) is 6.08 Å². The van der Waals surface area contributed by atoms with Crippen molar-refractivity contribution in [3.63, 3.8) is 0 Å². The van der Waals surface area contributed by atoms with Gasteiger partial charge >= 0.3 is 0 Å². The van der Waals surface area contributed by atoms with Crippen molar-refractivity contribution in [1.29, 1.82) is 0 Å². The lowest BCUT2D eigenvalue weighted by atomic mass is 10.6. The molecule has 0 saturated carbocycles. The number of allylic oxidation sites excluding steroid dienone is 2. The molecular weight excluding hydrogens is 147 g/mol. The Morgan fingerprint density at radius 1 is 1.38 bits per heavy atom. The summed E-state index contributed by atoms with van der Waals surface area (Å²) >= 11 is 10.6. The molecule has 0 aromatic rings. The summed E-state index contributed by atoms with van der Waals surface area (Å²) in [5.74, 6) is 0. The zero-order valence-electron chi connectivity index (χ0n) is 4.07. The molecule has 0 saturated heterocycles. The van der Waals surface area contributed by atoms with Gasteiger partial charge in [-0.2, -0.15) is 0 Å². The second-order valence-electron chi connectivity index (χ2n) is 1.08. The molecule has 0 atom stereocenters. The minimum absolute atomic E-state index is 0.122. The largest absolute Gasteiger partial charge is 0.403 e. The molecule has 0 aliphatic heterocycles. The van der Waals surface area contributed by atoms with Gasteiger partial charge in [-0.15, -0.1) is 0 Å². The van der Waals surface area contributed by atoms with Gasteiger partial charge in [-0.3, -0.25) is 0 Å². The van der Waals surface area contributed by atoms with Crippen molar-refractivity contribution in [2.45, 2.75) is 0 Å². The lowest BCUT2D eigenvalue weighted by molar-refractivity contribution is 1.50. The smallest absolute Gasteiger partial charge is 0.101 e. The molecule has 46 valence electrons.